The minimum absolute atomic E-state index is 0.0110. The van der Waals surface area contributed by atoms with Crippen LogP contribution in [-0.4, -0.2) is 20.5 Å². The van der Waals surface area contributed by atoms with E-state index >= 15 is 0 Å². The summed E-state index contributed by atoms with van der Waals surface area (Å²) in [5.74, 6) is -1.30. The molecule has 0 aliphatic rings. The second-order valence-electron chi connectivity index (χ2n) is 6.96. The number of amides is 1. The van der Waals surface area contributed by atoms with Crippen molar-refractivity contribution in [3.8, 4) is 11.3 Å². The Morgan fingerprint density at radius 1 is 1.03 bits per heavy atom. The van der Waals surface area contributed by atoms with Crippen molar-refractivity contribution < 1.29 is 18.0 Å². The van der Waals surface area contributed by atoms with Gasteiger partial charge in [0.1, 0.15) is 17.1 Å². The summed E-state index contributed by atoms with van der Waals surface area (Å²) in [4.78, 5) is 17.2. The van der Waals surface area contributed by atoms with Crippen LogP contribution in [0.4, 0.5) is 18.9 Å². The van der Waals surface area contributed by atoms with E-state index in [1.165, 1.54) is 18.2 Å². The van der Waals surface area contributed by atoms with Crippen LogP contribution in [0.2, 0.25) is 0 Å². The second-order valence-corrected chi connectivity index (χ2v) is 6.96. The van der Waals surface area contributed by atoms with Crippen LogP contribution in [0, 0.1) is 19.7 Å². The molecule has 5 nitrogen and oxygen atoms in total. The number of aromatic nitrogens is 3. The van der Waals surface area contributed by atoms with Crippen molar-refractivity contribution >= 4 is 17.2 Å². The number of halogens is 3. The third kappa shape index (κ3) is 3.63. The van der Waals surface area contributed by atoms with E-state index in [0.717, 1.165) is 21.8 Å². The number of nitrogens with zero attached hydrogens (tertiary/aromatic N) is 3. The summed E-state index contributed by atoms with van der Waals surface area (Å²) in [5.41, 5.74) is 2.21. The SMILES string of the molecule is Cc1ccc(-c2cc(C(F)F)n3ncc(C(=O)Nc4cc(C)ccc4F)c3n2)cc1. The first-order valence-electron chi connectivity index (χ1n) is 9.15. The van der Waals surface area contributed by atoms with Gasteiger partial charge in [0.15, 0.2) is 5.65 Å². The Morgan fingerprint density at radius 2 is 1.73 bits per heavy atom. The molecular formula is C22H17F3N4O. The number of hydrogen-bond acceptors (Lipinski definition) is 3. The molecule has 0 atom stereocenters. The Balaban J connectivity index is 1.81. The molecule has 2 aromatic carbocycles. The molecule has 0 bridgehead atoms. The summed E-state index contributed by atoms with van der Waals surface area (Å²) in [6.07, 6.45) is -1.68. The number of hydrogen-bond donors (Lipinski definition) is 1. The Morgan fingerprint density at radius 3 is 2.43 bits per heavy atom. The van der Waals surface area contributed by atoms with Crippen LogP contribution >= 0.6 is 0 Å². The zero-order chi connectivity index (χ0) is 21.4. The van der Waals surface area contributed by atoms with E-state index in [-0.39, 0.29) is 22.6 Å². The molecule has 0 unspecified atom stereocenters. The van der Waals surface area contributed by atoms with Crippen molar-refractivity contribution in [2.24, 2.45) is 0 Å². The van der Waals surface area contributed by atoms with Crippen LogP contribution in [-0.2, 0) is 0 Å². The van der Waals surface area contributed by atoms with Gasteiger partial charge in [-0.2, -0.15) is 5.10 Å². The van der Waals surface area contributed by atoms with Crippen LogP contribution in [0.3, 0.4) is 0 Å². The number of carbonyl (C=O) groups is 1. The number of carbonyl (C=O) groups excluding carboxylic acids is 1. The minimum atomic E-state index is -2.83. The van der Waals surface area contributed by atoms with E-state index in [1.54, 1.807) is 25.1 Å². The zero-order valence-electron chi connectivity index (χ0n) is 16.2. The Kier molecular flexibility index (Phi) is 4.99. The molecule has 0 radical (unpaired) electrons. The fourth-order valence-electron chi connectivity index (χ4n) is 3.10. The molecule has 30 heavy (non-hydrogen) atoms. The van der Waals surface area contributed by atoms with Gasteiger partial charge < -0.3 is 5.32 Å². The summed E-state index contributed by atoms with van der Waals surface area (Å²) in [5, 5.41) is 6.38. The maximum absolute atomic E-state index is 14.0. The lowest BCUT2D eigenvalue weighted by molar-refractivity contribution is 0.102. The van der Waals surface area contributed by atoms with E-state index in [1.807, 2.05) is 19.1 Å². The first-order chi connectivity index (χ1) is 14.3. The van der Waals surface area contributed by atoms with E-state index in [9.17, 15) is 18.0 Å². The fraction of sp³-hybridized carbons (Fsp3) is 0.136. The van der Waals surface area contributed by atoms with Gasteiger partial charge in [0.25, 0.3) is 12.3 Å². The Hall–Kier alpha value is -3.68. The maximum atomic E-state index is 14.0. The molecule has 1 N–H and O–H groups in total. The lowest BCUT2D eigenvalue weighted by Gasteiger charge is -2.09. The number of aryl methyl sites for hydroxylation is 2. The van der Waals surface area contributed by atoms with Gasteiger partial charge >= 0.3 is 0 Å². The van der Waals surface area contributed by atoms with Crippen molar-refractivity contribution in [2.75, 3.05) is 5.32 Å². The quantitative estimate of drug-likeness (QED) is 0.494. The second kappa shape index (κ2) is 7.62. The van der Waals surface area contributed by atoms with Gasteiger partial charge in [0.05, 0.1) is 17.6 Å². The average molecular weight is 410 g/mol. The largest absolute Gasteiger partial charge is 0.319 e. The highest BCUT2D eigenvalue weighted by Gasteiger charge is 2.22. The monoisotopic (exact) mass is 410 g/mol. The standard InChI is InChI=1S/C22H17F3N4O/c1-12-3-6-14(7-4-12)17-10-19(20(24)25)29-21(27-17)15(11-26-29)22(30)28-18-9-13(2)5-8-16(18)23/h3-11,20H,1-2H3,(H,28,30). The summed E-state index contributed by atoms with van der Waals surface area (Å²) < 4.78 is 42.3. The van der Waals surface area contributed by atoms with E-state index in [4.69, 9.17) is 0 Å². The molecule has 8 heteroatoms. The van der Waals surface area contributed by atoms with E-state index in [0.29, 0.717) is 5.56 Å². The molecule has 0 spiro atoms. The van der Waals surface area contributed by atoms with E-state index in [2.05, 4.69) is 15.4 Å². The Bertz CT molecular complexity index is 1250. The van der Waals surface area contributed by atoms with Crippen molar-refractivity contribution in [1.82, 2.24) is 14.6 Å². The fourth-order valence-corrected chi connectivity index (χ4v) is 3.10. The van der Waals surface area contributed by atoms with Gasteiger partial charge in [-0.25, -0.2) is 22.7 Å². The normalized spacial score (nSPS) is 11.3. The molecule has 2 heterocycles. The molecule has 152 valence electrons. The van der Waals surface area contributed by atoms with Gasteiger partial charge in [-0.3, -0.25) is 4.79 Å². The van der Waals surface area contributed by atoms with Gasteiger partial charge in [-0.15, -0.1) is 0 Å². The number of anilines is 1. The summed E-state index contributed by atoms with van der Waals surface area (Å²) >= 11 is 0. The molecule has 0 aliphatic heterocycles. The van der Waals surface area contributed by atoms with Crippen molar-refractivity contribution in [3.63, 3.8) is 0 Å². The highest BCUT2D eigenvalue weighted by atomic mass is 19.3. The predicted molar refractivity (Wildman–Crippen MR) is 107 cm³/mol. The smallest absolute Gasteiger partial charge is 0.280 e. The van der Waals surface area contributed by atoms with E-state index < -0.39 is 23.8 Å². The summed E-state index contributed by atoms with van der Waals surface area (Å²) in [7, 11) is 0. The number of alkyl halides is 2. The van der Waals surface area contributed by atoms with Gasteiger partial charge in [-0.1, -0.05) is 35.9 Å². The lowest BCUT2D eigenvalue weighted by atomic mass is 10.1. The van der Waals surface area contributed by atoms with Crippen LogP contribution in [0.5, 0.6) is 0 Å². The Labute approximate surface area is 170 Å². The summed E-state index contributed by atoms with van der Waals surface area (Å²) in [6, 6.07) is 12.8. The van der Waals surface area contributed by atoms with Gasteiger partial charge in [-0.05, 0) is 37.6 Å². The third-order valence-electron chi connectivity index (χ3n) is 4.68. The number of nitrogens with one attached hydrogen (secondary N) is 1. The maximum Gasteiger partial charge on any atom is 0.280 e. The van der Waals surface area contributed by atoms with Crippen LogP contribution in [0.15, 0.2) is 54.7 Å². The predicted octanol–water partition coefficient (Wildman–Crippen LogP) is 5.34. The topological polar surface area (TPSA) is 59.3 Å². The molecule has 4 aromatic rings. The van der Waals surface area contributed by atoms with Gasteiger partial charge in [0, 0.05) is 5.56 Å². The summed E-state index contributed by atoms with van der Waals surface area (Å²) in [6.45, 7) is 3.67. The molecule has 2 aromatic heterocycles. The van der Waals surface area contributed by atoms with Gasteiger partial charge in [0.2, 0.25) is 0 Å². The highest BCUT2D eigenvalue weighted by Crippen LogP contribution is 2.27. The van der Waals surface area contributed by atoms with Crippen molar-refractivity contribution in [2.45, 2.75) is 20.3 Å². The van der Waals surface area contributed by atoms with Crippen LogP contribution < -0.4 is 5.32 Å². The molecule has 1 amide bonds. The number of benzene rings is 2. The molecular weight excluding hydrogens is 393 g/mol. The van der Waals surface area contributed by atoms with Crippen LogP contribution in [0.1, 0.15) is 33.6 Å². The zero-order valence-corrected chi connectivity index (χ0v) is 16.2. The highest BCUT2D eigenvalue weighted by molar-refractivity contribution is 6.08. The van der Waals surface area contributed by atoms with Crippen LogP contribution in [0.25, 0.3) is 16.9 Å². The molecule has 0 saturated carbocycles. The van der Waals surface area contributed by atoms with Crippen molar-refractivity contribution in [3.05, 3.63) is 82.9 Å². The molecule has 0 saturated heterocycles. The molecule has 4 rings (SSSR count). The third-order valence-corrected chi connectivity index (χ3v) is 4.68. The first kappa shape index (κ1) is 19.6. The molecule has 0 aliphatic carbocycles. The number of fused-ring (bicyclic) bond motifs is 1. The average Bonchev–Trinajstić information content (AvgIpc) is 3.14. The minimum Gasteiger partial charge on any atom is -0.319 e. The lowest BCUT2D eigenvalue weighted by Crippen LogP contribution is -2.14. The van der Waals surface area contributed by atoms with Crippen molar-refractivity contribution in [1.29, 1.82) is 0 Å². The number of rotatable bonds is 4. The molecule has 0 fully saturated rings. The first-order valence-corrected chi connectivity index (χ1v) is 9.15.